The summed E-state index contributed by atoms with van der Waals surface area (Å²) in [4.78, 5) is 9.49. The molecule has 1 saturated carbocycles. The fourth-order valence-electron chi connectivity index (χ4n) is 11.9. The number of benzene rings is 6. The van der Waals surface area contributed by atoms with Crippen LogP contribution in [0.3, 0.4) is 0 Å². The van der Waals surface area contributed by atoms with E-state index in [-0.39, 0.29) is 20.1 Å². The molecule has 0 aliphatic heterocycles. The maximum Gasteiger partial charge on any atom is 0.0603 e. The van der Waals surface area contributed by atoms with Crippen molar-refractivity contribution in [1.82, 2.24) is 28.2 Å². The number of aromatic nitrogens is 6. The van der Waals surface area contributed by atoms with Gasteiger partial charge in [0.25, 0.3) is 0 Å². The van der Waals surface area contributed by atoms with Gasteiger partial charge in [0.1, 0.15) is 0 Å². The van der Waals surface area contributed by atoms with Crippen molar-refractivity contribution < 1.29 is 20.1 Å². The van der Waals surface area contributed by atoms with Crippen molar-refractivity contribution in [1.29, 1.82) is 0 Å². The molecule has 0 N–H and O–H groups in total. The van der Waals surface area contributed by atoms with Gasteiger partial charge in [-0.15, -0.1) is 47.5 Å². The topological polar surface area (TPSA) is 45.5 Å². The molecule has 1 aliphatic carbocycles. The molecule has 66 heavy (non-hydrogen) atoms. The Bertz CT molecular complexity index is 3350. The third-order valence-corrected chi connectivity index (χ3v) is 14.6. The Kier molecular flexibility index (Phi) is 12.3. The van der Waals surface area contributed by atoms with E-state index in [0.717, 1.165) is 46.4 Å². The maximum atomic E-state index is 4.81. The second kappa shape index (κ2) is 18.0. The average molecular weight is 1050 g/mol. The summed E-state index contributed by atoms with van der Waals surface area (Å²) >= 11 is 0. The first-order valence-electron chi connectivity index (χ1n) is 23.4. The van der Waals surface area contributed by atoms with Crippen LogP contribution in [-0.2, 0) is 40.6 Å². The zero-order chi connectivity index (χ0) is 45.3. The first kappa shape index (κ1) is 45.2. The smallest absolute Gasteiger partial charge is 0.0603 e. The van der Waals surface area contributed by atoms with Crippen molar-refractivity contribution in [2.45, 2.75) is 74.7 Å². The van der Waals surface area contributed by atoms with Crippen molar-refractivity contribution in [2.75, 3.05) is 0 Å². The molecule has 337 valence electrons. The fourth-order valence-corrected chi connectivity index (χ4v) is 11.9. The second-order valence-corrected chi connectivity index (χ2v) is 19.4. The molecule has 0 bridgehead atoms. The van der Waals surface area contributed by atoms with Crippen molar-refractivity contribution in [3.8, 4) is 34.2 Å². The molecule has 11 rings (SSSR count). The summed E-state index contributed by atoms with van der Waals surface area (Å²) in [5.74, 6) is 5.07. The van der Waals surface area contributed by atoms with E-state index in [1.807, 2.05) is 18.6 Å². The molecule has 6 aromatic carbocycles. The molecule has 2 unspecified atom stereocenters. The summed E-state index contributed by atoms with van der Waals surface area (Å²) in [6.07, 6.45) is 11.8. The Balaban J connectivity index is 0.000000169. The average Bonchev–Trinajstić information content (AvgIpc) is 4.08. The van der Waals surface area contributed by atoms with Gasteiger partial charge >= 0.3 is 0 Å². The number of hydrogen-bond donors (Lipinski definition) is 0. The van der Waals surface area contributed by atoms with E-state index in [9.17, 15) is 0 Å². The Morgan fingerprint density at radius 1 is 0.545 bits per heavy atom. The molecule has 0 spiro atoms. The Morgan fingerprint density at radius 2 is 0.970 bits per heavy atom. The normalized spacial score (nSPS) is 17.4. The van der Waals surface area contributed by atoms with Gasteiger partial charge in [0, 0.05) is 81.4 Å². The van der Waals surface area contributed by atoms with Crippen LogP contribution in [-0.4, -0.2) is 28.2 Å². The number of hydrogen-bond acceptors (Lipinski definition) is 2. The number of para-hydroxylation sites is 2. The molecule has 1 fully saturated rings. The van der Waals surface area contributed by atoms with Crippen molar-refractivity contribution in [3.63, 3.8) is 0 Å². The van der Waals surface area contributed by atoms with Gasteiger partial charge in [-0.2, -0.15) is 0 Å². The minimum Gasteiger partial charge on any atom is -0.383 e. The predicted octanol–water partition coefficient (Wildman–Crippen LogP) is 14.4. The second-order valence-electron chi connectivity index (χ2n) is 19.4. The van der Waals surface area contributed by atoms with E-state index >= 15 is 0 Å². The largest absolute Gasteiger partial charge is 0.383 e. The van der Waals surface area contributed by atoms with E-state index in [2.05, 4.69) is 208 Å². The third-order valence-electron chi connectivity index (χ3n) is 14.6. The summed E-state index contributed by atoms with van der Waals surface area (Å²) in [5.41, 5.74) is 17.2. The first-order valence-corrected chi connectivity index (χ1v) is 23.4. The molecule has 0 saturated heterocycles. The predicted molar refractivity (Wildman–Crippen MR) is 271 cm³/mol. The van der Waals surface area contributed by atoms with E-state index in [4.69, 9.17) is 4.98 Å². The molecule has 10 aromatic rings. The standard InChI is InChI=1S/C34H38N3.C25H22N3.Ir/c1-21-15-22(2)29(23(3)16-21)19-26-17-24(4)33(25(5)18-26)37-14-13-35-34(37)27-11-12-32-30(20-27)28-9-7-8-10-31(28)36(32)6;1-16-13-17(2)24(18(3)14-16)28-12-11-26-25(28)19-9-10-23-21(15-19)20-7-5-6-8-22(20)27(23)4;/h7-10,12-14,17-18,20-23,29H,15-16,19H2,1-6H3;5-8,10-15H,1-4H3;/q2*-1;. The van der Waals surface area contributed by atoms with Gasteiger partial charge in [-0.05, 0) is 139 Å². The van der Waals surface area contributed by atoms with Gasteiger partial charge in [0.2, 0.25) is 0 Å². The quantitative estimate of drug-likeness (QED) is 0.156. The number of nitrogens with zero attached hydrogens (tertiary/aromatic N) is 6. The molecule has 4 heterocycles. The van der Waals surface area contributed by atoms with Gasteiger partial charge in [-0.1, -0.05) is 97.8 Å². The van der Waals surface area contributed by atoms with Crippen LogP contribution in [0.2, 0.25) is 0 Å². The summed E-state index contributed by atoms with van der Waals surface area (Å²) in [5, 5.41) is 5.01. The summed E-state index contributed by atoms with van der Waals surface area (Å²) < 4.78 is 8.92. The third kappa shape index (κ3) is 7.94. The molecule has 1 aliphatic rings. The zero-order valence-corrected chi connectivity index (χ0v) is 42.4. The molecule has 4 aromatic heterocycles. The van der Waals surface area contributed by atoms with Crippen LogP contribution in [0.25, 0.3) is 77.8 Å². The van der Waals surface area contributed by atoms with E-state index in [1.165, 1.54) is 108 Å². The van der Waals surface area contributed by atoms with E-state index in [1.54, 1.807) is 0 Å². The van der Waals surface area contributed by atoms with Crippen molar-refractivity contribution in [3.05, 3.63) is 167 Å². The van der Waals surface area contributed by atoms with Gasteiger partial charge in [-0.25, -0.2) is 0 Å². The van der Waals surface area contributed by atoms with Gasteiger partial charge in [-0.3, -0.25) is 9.97 Å². The van der Waals surface area contributed by atoms with E-state index in [0.29, 0.717) is 0 Å². The molecule has 1 radical (unpaired) electrons. The molecule has 6 nitrogen and oxygen atoms in total. The van der Waals surface area contributed by atoms with Crippen LogP contribution in [0.5, 0.6) is 0 Å². The van der Waals surface area contributed by atoms with Crippen LogP contribution in [0.1, 0.15) is 67.0 Å². The van der Waals surface area contributed by atoms with Crippen LogP contribution in [0.4, 0.5) is 0 Å². The van der Waals surface area contributed by atoms with E-state index < -0.39 is 0 Å². The SMILES string of the molecule is Cc1cc(C)c(-n2ccnc2-c2[c-]cc3c(c2)c2ccccc2n3C)c(C)c1.Cc1cc(CC2C(C)CC(C)CC2C)cc(C)c1-n1ccnc1-c1[c-]cc2c(c1)c1ccccc1n2C.[Ir]. The molecule has 0 amide bonds. The zero-order valence-electron chi connectivity index (χ0n) is 40.0. The van der Waals surface area contributed by atoms with Crippen LogP contribution in [0.15, 0.2) is 122 Å². The minimum atomic E-state index is 0. The van der Waals surface area contributed by atoms with Gasteiger partial charge < -0.3 is 18.3 Å². The molecular weight excluding hydrogens is 985 g/mol. The summed E-state index contributed by atoms with van der Waals surface area (Å²) in [6, 6.07) is 42.1. The van der Waals surface area contributed by atoms with Gasteiger partial charge in [0.05, 0.1) is 11.6 Å². The molecule has 2 atom stereocenters. The number of fused-ring (bicyclic) bond motifs is 6. The van der Waals surface area contributed by atoms with Crippen molar-refractivity contribution in [2.24, 2.45) is 37.8 Å². The summed E-state index contributed by atoms with van der Waals surface area (Å²) in [7, 11) is 4.24. The van der Waals surface area contributed by atoms with Gasteiger partial charge in [0.15, 0.2) is 0 Å². The Hall–Kier alpha value is -6.01. The van der Waals surface area contributed by atoms with Crippen LogP contribution in [0, 0.1) is 70.4 Å². The maximum absolute atomic E-state index is 4.81. The Labute approximate surface area is 403 Å². The number of aryl methyl sites for hydroxylation is 7. The molecule has 7 heteroatoms. The first-order chi connectivity index (χ1) is 31.4. The monoisotopic (exact) mass is 1050 g/mol. The number of rotatable bonds is 6. The minimum absolute atomic E-state index is 0. The van der Waals surface area contributed by atoms with Crippen LogP contribution < -0.4 is 0 Å². The van der Waals surface area contributed by atoms with Crippen molar-refractivity contribution >= 4 is 43.6 Å². The summed E-state index contributed by atoms with van der Waals surface area (Å²) in [6.45, 7) is 18.3. The molecular formula is C59H60IrN6-2. The van der Waals surface area contributed by atoms with Crippen LogP contribution >= 0.6 is 0 Å². The number of imidazole rings is 2. The fraction of sp³-hybridized carbons (Fsp3) is 0.288. The Morgan fingerprint density at radius 3 is 1.42 bits per heavy atom.